The molecule has 2 aromatic rings. The molecule has 1 atom stereocenters. The molecule has 3 nitrogen and oxygen atoms in total. The number of nitrogens with two attached hydrogens (primary N) is 1. The summed E-state index contributed by atoms with van der Waals surface area (Å²) in [6.45, 7) is 1.01. The quantitative estimate of drug-likeness (QED) is 0.794. The van der Waals surface area contributed by atoms with E-state index in [0.717, 1.165) is 38.0 Å². The second-order valence-corrected chi connectivity index (χ2v) is 5.69. The van der Waals surface area contributed by atoms with Crippen molar-refractivity contribution in [3.05, 3.63) is 65.2 Å². The van der Waals surface area contributed by atoms with Gasteiger partial charge in [0.25, 0.3) is 0 Å². The van der Waals surface area contributed by atoms with Gasteiger partial charge in [-0.05, 0) is 61.1 Å². The highest BCUT2D eigenvalue weighted by Gasteiger charge is 2.22. The average molecular weight is 297 g/mol. The van der Waals surface area contributed by atoms with Gasteiger partial charge in [0.2, 0.25) is 0 Å². The summed E-state index contributed by atoms with van der Waals surface area (Å²) in [6, 6.07) is 16.7. The minimum atomic E-state index is 0.164. The largest absolute Gasteiger partial charge is 0.468 e. The van der Waals surface area contributed by atoms with Gasteiger partial charge in [0.05, 0.1) is 6.10 Å². The number of rotatable bonds is 7. The van der Waals surface area contributed by atoms with Gasteiger partial charge >= 0.3 is 0 Å². The number of ether oxygens (including phenoxy) is 2. The van der Waals surface area contributed by atoms with Crippen LogP contribution < -0.4 is 10.5 Å². The van der Waals surface area contributed by atoms with Crippen LogP contribution in [0.25, 0.3) is 0 Å². The fourth-order valence-corrected chi connectivity index (χ4v) is 2.97. The molecule has 2 N–H and O–H groups in total. The summed E-state index contributed by atoms with van der Waals surface area (Å²) in [7, 11) is 0. The van der Waals surface area contributed by atoms with E-state index in [1.54, 1.807) is 0 Å². The fraction of sp³-hybridized carbons (Fsp3) is 0.368. The minimum Gasteiger partial charge on any atom is -0.468 e. The van der Waals surface area contributed by atoms with Gasteiger partial charge in [-0.15, -0.1) is 0 Å². The van der Waals surface area contributed by atoms with E-state index < -0.39 is 0 Å². The van der Waals surface area contributed by atoms with Crippen molar-refractivity contribution >= 4 is 0 Å². The lowest BCUT2D eigenvalue weighted by Crippen LogP contribution is -2.07. The van der Waals surface area contributed by atoms with Crippen molar-refractivity contribution in [3.63, 3.8) is 0 Å². The van der Waals surface area contributed by atoms with E-state index in [4.69, 9.17) is 15.2 Å². The minimum absolute atomic E-state index is 0.164. The van der Waals surface area contributed by atoms with Crippen LogP contribution in [0.3, 0.4) is 0 Å². The highest BCUT2D eigenvalue weighted by Crippen LogP contribution is 2.33. The predicted octanol–water partition coefficient (Wildman–Crippen LogP) is 3.62. The Morgan fingerprint density at radius 3 is 2.91 bits per heavy atom. The SMILES string of the molecule is NCCCc1cccc(OCOC2CCc3ccccc32)c1. The summed E-state index contributed by atoms with van der Waals surface area (Å²) >= 11 is 0. The van der Waals surface area contributed by atoms with E-state index in [-0.39, 0.29) is 6.10 Å². The summed E-state index contributed by atoms with van der Waals surface area (Å²) < 4.78 is 11.7. The zero-order chi connectivity index (χ0) is 15.2. The van der Waals surface area contributed by atoms with Crippen LogP contribution in [0.1, 0.15) is 35.6 Å². The second-order valence-electron chi connectivity index (χ2n) is 5.69. The van der Waals surface area contributed by atoms with Crippen LogP contribution >= 0.6 is 0 Å². The van der Waals surface area contributed by atoms with Crippen molar-refractivity contribution in [1.29, 1.82) is 0 Å². The van der Waals surface area contributed by atoms with Crippen molar-refractivity contribution in [3.8, 4) is 5.75 Å². The van der Waals surface area contributed by atoms with Gasteiger partial charge in [-0.1, -0.05) is 36.4 Å². The van der Waals surface area contributed by atoms with Crippen LogP contribution in [0.2, 0.25) is 0 Å². The van der Waals surface area contributed by atoms with Gasteiger partial charge < -0.3 is 15.2 Å². The van der Waals surface area contributed by atoms with Gasteiger partial charge in [0, 0.05) is 0 Å². The maximum absolute atomic E-state index is 5.91. The van der Waals surface area contributed by atoms with Crippen LogP contribution in [0.4, 0.5) is 0 Å². The molecule has 22 heavy (non-hydrogen) atoms. The Labute approximate surface area is 132 Å². The Morgan fingerprint density at radius 2 is 2.00 bits per heavy atom. The van der Waals surface area contributed by atoms with Crippen LogP contribution in [0, 0.1) is 0 Å². The van der Waals surface area contributed by atoms with Crippen molar-refractivity contribution in [1.82, 2.24) is 0 Å². The Morgan fingerprint density at radius 1 is 1.09 bits per heavy atom. The molecule has 0 bridgehead atoms. The standard InChI is InChI=1S/C19H23NO2/c20-12-4-6-15-5-3-8-17(13-15)21-14-22-19-11-10-16-7-1-2-9-18(16)19/h1-3,5,7-9,13,19H,4,6,10-12,14,20H2. The molecule has 0 heterocycles. The topological polar surface area (TPSA) is 44.5 Å². The molecule has 0 aliphatic heterocycles. The molecule has 1 aliphatic rings. The van der Waals surface area contributed by atoms with Crippen molar-refractivity contribution in [2.45, 2.75) is 31.8 Å². The van der Waals surface area contributed by atoms with Crippen molar-refractivity contribution in [2.75, 3.05) is 13.3 Å². The van der Waals surface area contributed by atoms with Gasteiger partial charge in [-0.2, -0.15) is 0 Å². The average Bonchev–Trinajstić information content (AvgIpc) is 2.97. The normalized spacial score (nSPS) is 16.5. The monoisotopic (exact) mass is 297 g/mol. The number of benzene rings is 2. The van der Waals surface area contributed by atoms with E-state index in [1.807, 2.05) is 12.1 Å². The molecule has 0 amide bonds. The molecular formula is C19H23NO2. The smallest absolute Gasteiger partial charge is 0.189 e. The first kappa shape index (κ1) is 15.1. The van der Waals surface area contributed by atoms with E-state index in [0.29, 0.717) is 6.79 Å². The Bertz CT molecular complexity index is 612. The van der Waals surface area contributed by atoms with Gasteiger partial charge in [-0.25, -0.2) is 0 Å². The second kappa shape index (κ2) is 7.43. The third kappa shape index (κ3) is 3.67. The predicted molar refractivity (Wildman–Crippen MR) is 87.9 cm³/mol. The van der Waals surface area contributed by atoms with E-state index in [2.05, 4.69) is 36.4 Å². The highest BCUT2D eigenvalue weighted by atomic mass is 16.7. The van der Waals surface area contributed by atoms with E-state index in [9.17, 15) is 0 Å². The molecule has 3 heteroatoms. The maximum Gasteiger partial charge on any atom is 0.189 e. The third-order valence-corrected chi connectivity index (χ3v) is 4.14. The maximum atomic E-state index is 5.91. The molecule has 0 fully saturated rings. The first-order valence-electron chi connectivity index (χ1n) is 7.98. The number of aryl methyl sites for hydroxylation is 2. The molecule has 2 aromatic carbocycles. The fourth-order valence-electron chi connectivity index (χ4n) is 2.97. The third-order valence-electron chi connectivity index (χ3n) is 4.14. The highest BCUT2D eigenvalue weighted by molar-refractivity contribution is 5.33. The molecule has 116 valence electrons. The molecule has 0 radical (unpaired) electrons. The summed E-state index contributed by atoms with van der Waals surface area (Å²) in [4.78, 5) is 0. The Hall–Kier alpha value is -1.84. The molecule has 0 spiro atoms. The lowest BCUT2D eigenvalue weighted by molar-refractivity contribution is -0.0366. The molecule has 0 aromatic heterocycles. The summed E-state index contributed by atoms with van der Waals surface area (Å²) in [5, 5.41) is 0. The van der Waals surface area contributed by atoms with Gasteiger partial charge in [0.1, 0.15) is 5.75 Å². The van der Waals surface area contributed by atoms with E-state index >= 15 is 0 Å². The molecule has 1 unspecified atom stereocenters. The molecule has 0 saturated carbocycles. The molecule has 3 rings (SSSR count). The van der Waals surface area contributed by atoms with Gasteiger partial charge in [0.15, 0.2) is 6.79 Å². The number of hydrogen-bond donors (Lipinski definition) is 1. The lowest BCUT2D eigenvalue weighted by Gasteiger charge is -2.14. The molecule has 0 saturated heterocycles. The van der Waals surface area contributed by atoms with Crippen LogP contribution in [-0.2, 0) is 17.6 Å². The molecule has 1 aliphatic carbocycles. The zero-order valence-electron chi connectivity index (χ0n) is 12.8. The summed E-state index contributed by atoms with van der Waals surface area (Å²) in [5.74, 6) is 0.862. The first-order chi connectivity index (χ1) is 10.9. The van der Waals surface area contributed by atoms with Crippen molar-refractivity contribution < 1.29 is 9.47 Å². The molecular weight excluding hydrogens is 274 g/mol. The van der Waals surface area contributed by atoms with Crippen LogP contribution in [0.15, 0.2) is 48.5 Å². The Kier molecular flexibility index (Phi) is 5.09. The van der Waals surface area contributed by atoms with Crippen LogP contribution in [-0.4, -0.2) is 13.3 Å². The summed E-state index contributed by atoms with van der Waals surface area (Å²) in [5.41, 5.74) is 9.52. The van der Waals surface area contributed by atoms with Crippen LogP contribution in [0.5, 0.6) is 5.75 Å². The number of fused-ring (bicyclic) bond motifs is 1. The zero-order valence-corrected chi connectivity index (χ0v) is 12.8. The first-order valence-corrected chi connectivity index (χ1v) is 7.98. The van der Waals surface area contributed by atoms with E-state index in [1.165, 1.54) is 16.7 Å². The summed E-state index contributed by atoms with van der Waals surface area (Å²) in [6.07, 6.45) is 4.29. The lowest BCUT2D eigenvalue weighted by atomic mass is 10.1. The Balaban J connectivity index is 1.51. The van der Waals surface area contributed by atoms with Crippen molar-refractivity contribution in [2.24, 2.45) is 5.73 Å². The number of hydrogen-bond acceptors (Lipinski definition) is 3. The van der Waals surface area contributed by atoms with Gasteiger partial charge in [-0.3, -0.25) is 0 Å².